The minimum absolute atomic E-state index is 0.00527. The van der Waals surface area contributed by atoms with E-state index in [1.807, 2.05) is 25.1 Å². The van der Waals surface area contributed by atoms with E-state index < -0.39 is 0 Å². The van der Waals surface area contributed by atoms with Crippen LogP contribution in [0.4, 0.5) is 0 Å². The smallest absolute Gasteiger partial charge is 0.313 e. The Hall–Kier alpha value is -1.88. The highest BCUT2D eigenvalue weighted by molar-refractivity contribution is 5.79. The lowest BCUT2D eigenvalue weighted by Crippen LogP contribution is -2.44. The largest absolute Gasteiger partial charge is 0.466 e. The average molecular weight is 327 g/mol. The second-order valence-electron chi connectivity index (χ2n) is 7.05. The van der Waals surface area contributed by atoms with E-state index in [4.69, 9.17) is 9.72 Å². The van der Waals surface area contributed by atoms with Crippen LogP contribution in [0, 0.1) is 5.41 Å². The Morgan fingerprint density at radius 1 is 1.38 bits per heavy atom. The Balaban J connectivity index is 1.59. The number of para-hydroxylation sites is 2. The molecule has 1 aromatic heterocycles. The van der Waals surface area contributed by atoms with Gasteiger partial charge in [0.15, 0.2) is 0 Å². The Kier molecular flexibility index (Phi) is 3.83. The summed E-state index contributed by atoms with van der Waals surface area (Å²) in [5.74, 6) is 0.984. The number of aromatic nitrogens is 2. The zero-order valence-electron chi connectivity index (χ0n) is 14.4. The van der Waals surface area contributed by atoms with Gasteiger partial charge in [0.2, 0.25) is 0 Å². The molecule has 2 bridgehead atoms. The standard InChI is InChI=1S/C19H25N3O2/c1-3-19(18(23)24-4-2)11-13-9-10-16(19)22(13)12-17-20-14-7-5-6-8-15(14)21-17/h5-8,13,16H,3-4,9-12H2,1-2H3,(H,20,21)/t13-,16+,19+/m0/s1. The van der Waals surface area contributed by atoms with Crippen LogP contribution in [0.3, 0.4) is 0 Å². The third-order valence-corrected chi connectivity index (χ3v) is 5.96. The van der Waals surface area contributed by atoms with Gasteiger partial charge in [0.25, 0.3) is 0 Å². The Labute approximate surface area is 142 Å². The number of carbonyl (C=O) groups is 1. The number of H-pyrrole nitrogens is 1. The fourth-order valence-electron chi connectivity index (χ4n) is 4.82. The molecule has 2 fully saturated rings. The number of benzene rings is 1. The average Bonchev–Trinajstić information content (AvgIpc) is 3.26. The van der Waals surface area contributed by atoms with Crippen LogP contribution in [-0.2, 0) is 16.1 Å². The number of nitrogens with zero attached hydrogens (tertiary/aromatic N) is 2. The van der Waals surface area contributed by atoms with Crippen LogP contribution in [0.5, 0.6) is 0 Å². The number of nitrogens with one attached hydrogen (secondary N) is 1. The summed E-state index contributed by atoms with van der Waals surface area (Å²) >= 11 is 0. The van der Waals surface area contributed by atoms with Gasteiger partial charge in [0, 0.05) is 12.1 Å². The molecule has 0 saturated carbocycles. The minimum Gasteiger partial charge on any atom is -0.466 e. The molecular formula is C19H25N3O2. The maximum Gasteiger partial charge on any atom is 0.313 e. The quantitative estimate of drug-likeness (QED) is 0.857. The summed E-state index contributed by atoms with van der Waals surface area (Å²) in [5, 5.41) is 0. The molecule has 5 heteroatoms. The Morgan fingerprint density at radius 2 is 2.21 bits per heavy atom. The van der Waals surface area contributed by atoms with Crippen molar-refractivity contribution >= 4 is 17.0 Å². The molecule has 0 spiro atoms. The molecule has 128 valence electrons. The molecule has 1 aromatic carbocycles. The Bertz CT molecular complexity index is 723. The first kappa shape index (κ1) is 15.6. The SMILES string of the molecule is CCOC(=O)[C@]1(CC)C[C@@H]2CC[C@H]1N2Cc1nc2ccccc2[nH]1. The van der Waals surface area contributed by atoms with Crippen LogP contribution < -0.4 is 0 Å². The lowest BCUT2D eigenvalue weighted by atomic mass is 9.72. The predicted octanol–water partition coefficient (Wildman–Crippen LogP) is 3.26. The van der Waals surface area contributed by atoms with Gasteiger partial charge in [0.1, 0.15) is 5.82 Å². The van der Waals surface area contributed by atoms with Gasteiger partial charge in [-0.2, -0.15) is 0 Å². The maximum atomic E-state index is 12.7. The minimum atomic E-state index is -0.328. The number of aromatic amines is 1. The summed E-state index contributed by atoms with van der Waals surface area (Å²) < 4.78 is 5.43. The summed E-state index contributed by atoms with van der Waals surface area (Å²) in [4.78, 5) is 23.3. The van der Waals surface area contributed by atoms with Gasteiger partial charge in [0.05, 0.1) is 29.6 Å². The molecule has 5 nitrogen and oxygen atoms in total. The molecule has 2 aromatic rings. The van der Waals surface area contributed by atoms with Crippen LogP contribution in [0.1, 0.15) is 45.4 Å². The van der Waals surface area contributed by atoms with Gasteiger partial charge in [-0.1, -0.05) is 19.1 Å². The van der Waals surface area contributed by atoms with E-state index in [9.17, 15) is 4.79 Å². The lowest BCUT2D eigenvalue weighted by Gasteiger charge is -2.34. The Morgan fingerprint density at radius 3 is 2.96 bits per heavy atom. The predicted molar refractivity (Wildman–Crippen MR) is 92.4 cm³/mol. The molecule has 2 aliphatic heterocycles. The third-order valence-electron chi connectivity index (χ3n) is 5.96. The van der Waals surface area contributed by atoms with E-state index in [0.717, 1.165) is 42.7 Å². The molecule has 2 saturated heterocycles. The molecular weight excluding hydrogens is 302 g/mol. The molecule has 24 heavy (non-hydrogen) atoms. The third kappa shape index (κ3) is 2.25. The van der Waals surface area contributed by atoms with E-state index in [0.29, 0.717) is 12.6 Å². The van der Waals surface area contributed by atoms with Gasteiger partial charge < -0.3 is 9.72 Å². The van der Waals surface area contributed by atoms with Crippen LogP contribution in [0.15, 0.2) is 24.3 Å². The summed E-state index contributed by atoms with van der Waals surface area (Å²) in [6.45, 7) is 5.25. The maximum absolute atomic E-state index is 12.7. The molecule has 3 atom stereocenters. The van der Waals surface area contributed by atoms with Crippen molar-refractivity contribution in [3.05, 3.63) is 30.1 Å². The van der Waals surface area contributed by atoms with Crippen LogP contribution in [0.25, 0.3) is 11.0 Å². The van der Waals surface area contributed by atoms with Crippen molar-refractivity contribution in [3.63, 3.8) is 0 Å². The number of rotatable bonds is 5. The highest BCUT2D eigenvalue weighted by Gasteiger charge is 2.59. The van der Waals surface area contributed by atoms with Gasteiger partial charge >= 0.3 is 5.97 Å². The fraction of sp³-hybridized carbons (Fsp3) is 0.579. The second kappa shape index (κ2) is 5.88. The van der Waals surface area contributed by atoms with Gasteiger partial charge in [-0.15, -0.1) is 0 Å². The van der Waals surface area contributed by atoms with E-state index in [1.54, 1.807) is 0 Å². The number of ether oxygens (including phenoxy) is 1. The number of hydrogen-bond donors (Lipinski definition) is 1. The highest BCUT2D eigenvalue weighted by Crippen LogP contribution is 2.52. The summed E-state index contributed by atoms with van der Waals surface area (Å²) in [6.07, 6.45) is 4.03. The number of esters is 1. The van der Waals surface area contributed by atoms with E-state index in [-0.39, 0.29) is 17.4 Å². The van der Waals surface area contributed by atoms with Crippen molar-refractivity contribution < 1.29 is 9.53 Å². The molecule has 0 radical (unpaired) electrons. The van der Waals surface area contributed by atoms with Crippen molar-refractivity contribution in [2.75, 3.05) is 6.61 Å². The summed E-state index contributed by atoms with van der Waals surface area (Å²) in [5.41, 5.74) is 1.75. The first-order valence-corrected chi connectivity index (χ1v) is 9.04. The van der Waals surface area contributed by atoms with Gasteiger partial charge in [-0.05, 0) is 44.7 Å². The summed E-state index contributed by atoms with van der Waals surface area (Å²) in [7, 11) is 0. The topological polar surface area (TPSA) is 58.2 Å². The van der Waals surface area contributed by atoms with E-state index >= 15 is 0 Å². The molecule has 2 aliphatic rings. The van der Waals surface area contributed by atoms with Crippen LogP contribution in [-0.4, -0.2) is 39.5 Å². The fourth-order valence-corrected chi connectivity index (χ4v) is 4.82. The van der Waals surface area contributed by atoms with Gasteiger partial charge in [-0.3, -0.25) is 9.69 Å². The van der Waals surface area contributed by atoms with Crippen LogP contribution >= 0.6 is 0 Å². The second-order valence-corrected chi connectivity index (χ2v) is 7.05. The molecule has 3 heterocycles. The van der Waals surface area contributed by atoms with Crippen molar-refractivity contribution in [1.29, 1.82) is 0 Å². The summed E-state index contributed by atoms with van der Waals surface area (Å²) in [6, 6.07) is 8.86. The first-order valence-electron chi connectivity index (χ1n) is 9.04. The van der Waals surface area contributed by atoms with E-state index in [2.05, 4.69) is 22.9 Å². The van der Waals surface area contributed by atoms with Crippen molar-refractivity contribution in [2.24, 2.45) is 5.41 Å². The number of hydrogen-bond acceptors (Lipinski definition) is 4. The molecule has 0 unspecified atom stereocenters. The molecule has 0 aliphatic carbocycles. The number of imidazole rings is 1. The van der Waals surface area contributed by atoms with Crippen molar-refractivity contribution in [3.8, 4) is 0 Å². The highest BCUT2D eigenvalue weighted by atomic mass is 16.5. The van der Waals surface area contributed by atoms with E-state index in [1.165, 1.54) is 6.42 Å². The zero-order valence-corrected chi connectivity index (χ0v) is 14.4. The van der Waals surface area contributed by atoms with Gasteiger partial charge in [-0.25, -0.2) is 4.98 Å². The number of fused-ring (bicyclic) bond motifs is 3. The monoisotopic (exact) mass is 327 g/mol. The van der Waals surface area contributed by atoms with Crippen LogP contribution in [0.2, 0.25) is 0 Å². The molecule has 1 N–H and O–H groups in total. The molecule has 4 rings (SSSR count). The normalized spacial score (nSPS) is 29.4. The first-order chi connectivity index (χ1) is 11.7. The number of carbonyl (C=O) groups excluding carboxylic acids is 1. The molecule has 0 amide bonds. The zero-order chi connectivity index (χ0) is 16.7. The lowest BCUT2D eigenvalue weighted by molar-refractivity contribution is -0.157. The van der Waals surface area contributed by atoms with Crippen molar-refractivity contribution in [2.45, 2.75) is 58.2 Å². The van der Waals surface area contributed by atoms with Crippen molar-refractivity contribution in [1.82, 2.24) is 14.9 Å².